The van der Waals surface area contributed by atoms with Crippen LogP contribution in [0.25, 0.3) is 11.3 Å². The molecule has 2 rings (SSSR count). The number of rotatable bonds is 2. The first-order valence-electron chi connectivity index (χ1n) is 5.14. The van der Waals surface area contributed by atoms with E-state index >= 15 is 0 Å². The van der Waals surface area contributed by atoms with Crippen LogP contribution in [0.4, 0.5) is 5.69 Å². The van der Waals surface area contributed by atoms with Crippen molar-refractivity contribution in [3.63, 3.8) is 0 Å². The highest BCUT2D eigenvalue weighted by Gasteiger charge is 2.06. The van der Waals surface area contributed by atoms with Crippen molar-refractivity contribution in [3.8, 4) is 11.3 Å². The number of anilines is 1. The predicted molar refractivity (Wildman–Crippen MR) is 71.8 cm³/mol. The third-order valence-electron chi connectivity index (χ3n) is 2.31. The van der Waals surface area contributed by atoms with E-state index < -0.39 is 11.1 Å². The number of benzene rings is 1. The fourth-order valence-corrected chi connectivity index (χ4v) is 1.81. The molecule has 1 unspecified atom stereocenters. The number of nitrogens with one attached hydrogen (secondary N) is 2. The maximum Gasteiger partial charge on any atom is 0.223 e. The summed E-state index contributed by atoms with van der Waals surface area (Å²) < 4.78 is 19.8. The van der Waals surface area contributed by atoms with Crippen molar-refractivity contribution < 1.29 is 8.76 Å². The van der Waals surface area contributed by atoms with Crippen LogP contribution in [0.1, 0.15) is 0 Å². The van der Waals surface area contributed by atoms with Gasteiger partial charge in [0.25, 0.3) is 0 Å². The molecule has 7 heteroatoms. The fraction of sp³-hybridized carbons (Fsp3) is 0.0909. The van der Waals surface area contributed by atoms with Crippen molar-refractivity contribution in [2.24, 2.45) is 4.99 Å². The maximum atomic E-state index is 10.9. The molecule has 0 amide bonds. The first-order chi connectivity index (χ1) is 8.70. The van der Waals surface area contributed by atoms with Crippen molar-refractivity contribution in [2.75, 3.05) is 12.4 Å². The molecule has 0 aliphatic rings. The summed E-state index contributed by atoms with van der Waals surface area (Å²) in [7, 11) is 1.45. The molecule has 1 atom stereocenters. The number of H-pyrrole nitrogens is 1. The highest BCUT2D eigenvalue weighted by molar-refractivity contribution is 7.95. The summed E-state index contributed by atoms with van der Waals surface area (Å²) in [4.78, 5) is 10.6. The Morgan fingerprint density at radius 1 is 1.44 bits per heavy atom. The van der Waals surface area contributed by atoms with Gasteiger partial charge in [0.2, 0.25) is 16.2 Å². The average Bonchev–Trinajstić information content (AvgIpc) is 2.90. The van der Waals surface area contributed by atoms with Crippen LogP contribution >= 0.6 is 0 Å². The zero-order valence-electron chi connectivity index (χ0n) is 9.62. The molecule has 0 saturated heterocycles. The van der Waals surface area contributed by atoms with Crippen molar-refractivity contribution in [1.82, 2.24) is 9.97 Å². The Kier molecular flexibility index (Phi) is 3.85. The van der Waals surface area contributed by atoms with E-state index in [1.54, 1.807) is 24.7 Å². The Bertz CT molecular complexity index is 563. The van der Waals surface area contributed by atoms with E-state index in [1.807, 2.05) is 12.1 Å². The van der Waals surface area contributed by atoms with Crippen molar-refractivity contribution in [1.29, 1.82) is 0 Å². The highest BCUT2D eigenvalue weighted by Crippen LogP contribution is 2.18. The minimum Gasteiger partial charge on any atom is -0.345 e. The molecule has 0 aliphatic heterocycles. The van der Waals surface area contributed by atoms with Crippen LogP contribution < -0.4 is 5.32 Å². The van der Waals surface area contributed by atoms with Gasteiger partial charge in [-0.1, -0.05) is 12.1 Å². The largest absolute Gasteiger partial charge is 0.345 e. The quantitative estimate of drug-likeness (QED) is 0.437. The van der Waals surface area contributed by atoms with E-state index in [4.69, 9.17) is 4.55 Å². The molecule has 0 saturated carbocycles. The van der Waals surface area contributed by atoms with Crippen LogP contribution in [0, 0.1) is 0 Å². The smallest absolute Gasteiger partial charge is 0.223 e. The average molecular weight is 264 g/mol. The van der Waals surface area contributed by atoms with Gasteiger partial charge in [-0.2, -0.15) is 0 Å². The lowest BCUT2D eigenvalue weighted by Crippen LogP contribution is -2.17. The summed E-state index contributed by atoms with van der Waals surface area (Å²) in [6.07, 6.45) is 3.34. The zero-order valence-corrected chi connectivity index (χ0v) is 10.4. The molecule has 18 heavy (non-hydrogen) atoms. The van der Waals surface area contributed by atoms with Gasteiger partial charge in [0.05, 0.1) is 18.2 Å². The number of amidine groups is 1. The number of hydrogen-bond donors (Lipinski definition) is 3. The molecule has 0 aliphatic carbocycles. The lowest BCUT2D eigenvalue weighted by molar-refractivity contribution is 0.577. The summed E-state index contributed by atoms with van der Waals surface area (Å²) in [5.41, 5.74) is 2.59. The van der Waals surface area contributed by atoms with Gasteiger partial charge in [-0.05, 0) is 17.7 Å². The topological polar surface area (TPSA) is 90.4 Å². The fourth-order valence-electron chi connectivity index (χ4n) is 1.45. The molecule has 1 heterocycles. The Morgan fingerprint density at radius 3 is 2.67 bits per heavy atom. The molecule has 0 fully saturated rings. The van der Waals surface area contributed by atoms with Crippen LogP contribution in [0.2, 0.25) is 0 Å². The first-order valence-corrected chi connectivity index (χ1v) is 6.25. The van der Waals surface area contributed by atoms with E-state index in [-0.39, 0.29) is 5.17 Å². The Labute approximate surface area is 106 Å². The predicted octanol–water partition coefficient (Wildman–Crippen LogP) is 1.70. The third kappa shape index (κ3) is 2.82. The van der Waals surface area contributed by atoms with Crippen molar-refractivity contribution in [3.05, 3.63) is 36.8 Å². The number of imidazole rings is 1. The molecular weight excluding hydrogens is 252 g/mol. The highest BCUT2D eigenvalue weighted by atomic mass is 32.2. The molecule has 3 N–H and O–H groups in total. The van der Waals surface area contributed by atoms with Gasteiger partial charge < -0.3 is 10.3 Å². The Balaban J connectivity index is 2.16. The number of aromatic amines is 1. The normalized spacial score (nSPS) is 13.3. The third-order valence-corrected chi connectivity index (χ3v) is 2.93. The van der Waals surface area contributed by atoms with Gasteiger partial charge in [0.1, 0.15) is 0 Å². The van der Waals surface area contributed by atoms with Gasteiger partial charge in [-0.15, -0.1) is 0 Å². The van der Waals surface area contributed by atoms with Crippen LogP contribution in [-0.4, -0.2) is 30.9 Å². The molecule has 0 bridgehead atoms. The van der Waals surface area contributed by atoms with E-state index in [9.17, 15) is 4.21 Å². The minimum atomic E-state index is -2.12. The van der Waals surface area contributed by atoms with Crippen LogP contribution in [0.3, 0.4) is 0 Å². The molecule has 1 aromatic heterocycles. The number of aliphatic imine (C=N–C) groups is 1. The number of hydrogen-bond acceptors (Lipinski definition) is 3. The monoisotopic (exact) mass is 264 g/mol. The number of nitrogens with zero attached hydrogens (tertiary/aromatic N) is 2. The molecule has 2 aromatic rings. The van der Waals surface area contributed by atoms with E-state index in [0.717, 1.165) is 11.3 Å². The van der Waals surface area contributed by atoms with Gasteiger partial charge in [0, 0.05) is 12.7 Å². The summed E-state index contributed by atoms with van der Waals surface area (Å²) >= 11 is -2.12. The summed E-state index contributed by atoms with van der Waals surface area (Å²) in [6, 6.07) is 7.36. The lowest BCUT2D eigenvalue weighted by Gasteiger charge is -2.06. The Morgan fingerprint density at radius 2 is 2.17 bits per heavy atom. The Hall–Kier alpha value is -1.99. The molecule has 0 spiro atoms. The molecule has 1 aromatic carbocycles. The molecule has 0 radical (unpaired) electrons. The summed E-state index contributed by atoms with van der Waals surface area (Å²) in [6.45, 7) is 0. The van der Waals surface area contributed by atoms with Gasteiger partial charge in [-0.3, -0.25) is 9.55 Å². The van der Waals surface area contributed by atoms with Gasteiger partial charge in [0.15, 0.2) is 0 Å². The maximum absolute atomic E-state index is 10.9. The SMILES string of the molecule is CN=C(Nc1ccc(-c2cnc[nH]2)cc1)S(=O)O. The second kappa shape index (κ2) is 5.56. The van der Waals surface area contributed by atoms with Gasteiger partial charge >= 0.3 is 0 Å². The van der Waals surface area contributed by atoms with Gasteiger partial charge in [-0.25, -0.2) is 9.19 Å². The van der Waals surface area contributed by atoms with Crippen molar-refractivity contribution in [2.45, 2.75) is 0 Å². The zero-order chi connectivity index (χ0) is 13.0. The summed E-state index contributed by atoms with van der Waals surface area (Å²) in [5, 5.41) is 2.79. The second-order valence-electron chi connectivity index (χ2n) is 3.45. The van der Waals surface area contributed by atoms with Crippen LogP contribution in [0.5, 0.6) is 0 Å². The standard InChI is InChI=1S/C11H12N4O2S/c1-12-11(18(16)17)15-9-4-2-8(3-5-9)10-6-13-7-14-10/h2-7H,1H3,(H,12,15)(H,13,14)(H,16,17). The van der Waals surface area contributed by atoms with Crippen LogP contribution in [0.15, 0.2) is 41.8 Å². The summed E-state index contributed by atoms with van der Waals surface area (Å²) in [5.74, 6) is 0. The minimum absolute atomic E-state index is 0.0179. The molecular formula is C11H12N4O2S. The van der Waals surface area contributed by atoms with Crippen molar-refractivity contribution >= 4 is 21.9 Å². The molecule has 6 nitrogen and oxygen atoms in total. The van der Waals surface area contributed by atoms with E-state index in [2.05, 4.69) is 20.3 Å². The van der Waals surface area contributed by atoms with Crippen LogP contribution in [-0.2, 0) is 11.1 Å². The van der Waals surface area contributed by atoms with E-state index in [0.29, 0.717) is 5.69 Å². The molecule has 94 valence electrons. The lowest BCUT2D eigenvalue weighted by atomic mass is 10.1. The second-order valence-corrected chi connectivity index (χ2v) is 4.33. The number of aromatic nitrogens is 2. The van der Waals surface area contributed by atoms with E-state index in [1.165, 1.54) is 7.05 Å². The first kappa shape index (κ1) is 12.5.